The first-order valence-corrected chi connectivity index (χ1v) is 5.62. The summed E-state index contributed by atoms with van der Waals surface area (Å²) in [6, 6.07) is -0.265. The van der Waals surface area contributed by atoms with E-state index < -0.39 is 6.09 Å². The second-order valence-electron chi connectivity index (χ2n) is 6.30. The molecule has 0 saturated carbocycles. The van der Waals surface area contributed by atoms with E-state index in [9.17, 15) is 14.7 Å². The van der Waals surface area contributed by atoms with Crippen LogP contribution in [-0.4, -0.2) is 28.0 Å². The van der Waals surface area contributed by atoms with E-state index in [1.807, 2.05) is 34.6 Å². The fraction of sp³-hybridized carbons (Fsp3) is 0.833. The van der Waals surface area contributed by atoms with Crippen molar-refractivity contribution in [3.63, 3.8) is 0 Å². The van der Waals surface area contributed by atoms with Crippen LogP contribution < -0.4 is 0 Å². The van der Waals surface area contributed by atoms with Crippen molar-refractivity contribution >= 4 is 12.0 Å². The van der Waals surface area contributed by atoms with Crippen molar-refractivity contribution in [3.8, 4) is 0 Å². The molecule has 1 atom stereocenters. The number of amides is 2. The Balaban J connectivity index is 3.19. The van der Waals surface area contributed by atoms with Crippen molar-refractivity contribution < 1.29 is 14.7 Å². The van der Waals surface area contributed by atoms with Crippen molar-refractivity contribution in [1.29, 1.82) is 0 Å². The zero-order valence-electron chi connectivity index (χ0n) is 10.7. The molecule has 92 valence electrons. The lowest BCUT2D eigenvalue weighted by Crippen LogP contribution is -2.59. The number of carboxylic acid groups (broad SMARTS) is 1. The predicted octanol–water partition coefficient (Wildman–Crippen LogP) is 2.73. The van der Waals surface area contributed by atoms with Crippen molar-refractivity contribution in [2.45, 2.75) is 53.5 Å². The highest BCUT2D eigenvalue weighted by molar-refractivity contribution is 5.92. The van der Waals surface area contributed by atoms with Gasteiger partial charge in [0.2, 0.25) is 5.91 Å². The Morgan fingerprint density at radius 2 is 1.94 bits per heavy atom. The molecule has 1 heterocycles. The number of carbonyl (C=O) groups excluding carboxylic acids is 1. The zero-order chi connectivity index (χ0) is 12.7. The van der Waals surface area contributed by atoms with Crippen LogP contribution in [-0.2, 0) is 4.79 Å². The summed E-state index contributed by atoms with van der Waals surface area (Å²) >= 11 is 0. The Kier molecular flexibility index (Phi) is 3.05. The van der Waals surface area contributed by atoms with Gasteiger partial charge in [0.1, 0.15) is 0 Å². The van der Waals surface area contributed by atoms with Crippen LogP contribution in [0.5, 0.6) is 0 Å². The monoisotopic (exact) mass is 227 g/mol. The number of nitrogens with zero attached hydrogens (tertiary/aromatic N) is 1. The molecule has 1 saturated heterocycles. The van der Waals surface area contributed by atoms with Gasteiger partial charge in [0.05, 0.1) is 6.04 Å². The first-order chi connectivity index (χ1) is 7.07. The number of piperidine rings is 1. The first-order valence-electron chi connectivity index (χ1n) is 5.62. The average molecular weight is 227 g/mol. The number of hydrogen-bond donors (Lipinski definition) is 1. The molecular weight excluding hydrogens is 206 g/mol. The Labute approximate surface area is 96.6 Å². The average Bonchev–Trinajstić information content (AvgIpc) is 2.05. The quantitative estimate of drug-likeness (QED) is 0.692. The summed E-state index contributed by atoms with van der Waals surface area (Å²) in [5, 5.41) is 9.18. The van der Waals surface area contributed by atoms with Crippen LogP contribution >= 0.6 is 0 Å². The van der Waals surface area contributed by atoms with E-state index in [4.69, 9.17) is 0 Å². The van der Waals surface area contributed by atoms with E-state index in [2.05, 4.69) is 0 Å². The Morgan fingerprint density at radius 3 is 2.25 bits per heavy atom. The highest BCUT2D eigenvalue weighted by atomic mass is 16.4. The zero-order valence-corrected chi connectivity index (χ0v) is 10.7. The number of carbonyl (C=O) groups is 2. The van der Waals surface area contributed by atoms with Gasteiger partial charge in [0.15, 0.2) is 0 Å². The van der Waals surface area contributed by atoms with E-state index in [-0.39, 0.29) is 22.8 Å². The molecule has 0 radical (unpaired) electrons. The summed E-state index contributed by atoms with van der Waals surface area (Å²) in [7, 11) is 0. The van der Waals surface area contributed by atoms with E-state index >= 15 is 0 Å². The first kappa shape index (κ1) is 13.0. The van der Waals surface area contributed by atoms with E-state index in [0.717, 1.165) is 11.3 Å². The van der Waals surface area contributed by atoms with Gasteiger partial charge >= 0.3 is 6.09 Å². The molecule has 0 bridgehead atoms. The Hall–Kier alpha value is -1.06. The molecule has 0 aromatic rings. The fourth-order valence-corrected chi connectivity index (χ4v) is 2.96. The maximum atomic E-state index is 11.7. The van der Waals surface area contributed by atoms with Crippen molar-refractivity contribution in [3.05, 3.63) is 0 Å². The number of imide groups is 1. The SMILES string of the molecule is CC(C)(C)C1N(C(=O)O)C(=O)CCC1(C)C. The molecule has 1 unspecified atom stereocenters. The van der Waals surface area contributed by atoms with Gasteiger partial charge in [-0.2, -0.15) is 0 Å². The third-order valence-corrected chi connectivity index (χ3v) is 3.28. The van der Waals surface area contributed by atoms with Crippen LogP contribution in [0.4, 0.5) is 4.79 Å². The molecule has 0 aliphatic carbocycles. The van der Waals surface area contributed by atoms with Gasteiger partial charge in [-0.05, 0) is 17.3 Å². The minimum absolute atomic E-state index is 0.162. The van der Waals surface area contributed by atoms with Crippen molar-refractivity contribution in [2.75, 3.05) is 0 Å². The normalized spacial score (nSPS) is 25.7. The molecule has 1 aliphatic heterocycles. The van der Waals surface area contributed by atoms with E-state index in [0.29, 0.717) is 6.42 Å². The second kappa shape index (κ2) is 3.75. The van der Waals surface area contributed by atoms with Crippen LogP contribution in [0.15, 0.2) is 0 Å². The molecule has 1 fully saturated rings. The van der Waals surface area contributed by atoms with Gasteiger partial charge < -0.3 is 5.11 Å². The summed E-state index contributed by atoms with van der Waals surface area (Å²) < 4.78 is 0. The van der Waals surface area contributed by atoms with Gasteiger partial charge in [-0.1, -0.05) is 34.6 Å². The lowest BCUT2D eigenvalue weighted by molar-refractivity contribution is -0.143. The van der Waals surface area contributed by atoms with E-state index in [1.54, 1.807) is 0 Å². The van der Waals surface area contributed by atoms with Crippen LogP contribution in [0.25, 0.3) is 0 Å². The smallest absolute Gasteiger partial charge is 0.414 e. The fourth-order valence-electron chi connectivity index (χ4n) is 2.96. The number of rotatable bonds is 0. The molecule has 4 nitrogen and oxygen atoms in total. The highest BCUT2D eigenvalue weighted by Gasteiger charge is 2.49. The predicted molar refractivity (Wildman–Crippen MR) is 61.1 cm³/mol. The Bertz CT molecular complexity index is 315. The molecule has 1 rings (SSSR count). The maximum Gasteiger partial charge on any atom is 0.414 e. The summed E-state index contributed by atoms with van der Waals surface area (Å²) in [5.41, 5.74) is -0.400. The topological polar surface area (TPSA) is 57.6 Å². The number of hydrogen-bond acceptors (Lipinski definition) is 2. The van der Waals surface area contributed by atoms with Gasteiger partial charge in [0, 0.05) is 6.42 Å². The largest absolute Gasteiger partial charge is 0.465 e. The van der Waals surface area contributed by atoms with Gasteiger partial charge in [-0.25, -0.2) is 9.69 Å². The highest BCUT2D eigenvalue weighted by Crippen LogP contribution is 2.44. The lowest BCUT2D eigenvalue weighted by Gasteiger charge is -2.50. The summed E-state index contributed by atoms with van der Waals surface area (Å²) in [4.78, 5) is 24.0. The third kappa shape index (κ3) is 2.20. The van der Waals surface area contributed by atoms with Crippen LogP contribution in [0.3, 0.4) is 0 Å². The molecule has 16 heavy (non-hydrogen) atoms. The third-order valence-electron chi connectivity index (χ3n) is 3.28. The molecule has 1 aliphatic rings. The maximum absolute atomic E-state index is 11.7. The minimum Gasteiger partial charge on any atom is -0.465 e. The number of likely N-dealkylation sites (tertiary alicyclic amines) is 1. The van der Waals surface area contributed by atoms with Crippen LogP contribution in [0.1, 0.15) is 47.5 Å². The lowest BCUT2D eigenvalue weighted by atomic mass is 9.66. The molecule has 0 aromatic carbocycles. The van der Waals surface area contributed by atoms with E-state index in [1.165, 1.54) is 0 Å². The standard InChI is InChI=1S/C12H21NO3/c1-11(2,3)9-12(4,5)7-6-8(14)13(9)10(15)16/h9H,6-7H2,1-5H3,(H,15,16). The summed E-state index contributed by atoms with van der Waals surface area (Å²) in [6.45, 7) is 10.0. The Morgan fingerprint density at radius 1 is 1.44 bits per heavy atom. The molecule has 0 spiro atoms. The summed E-state index contributed by atoms with van der Waals surface area (Å²) in [6.07, 6.45) is -0.0543. The van der Waals surface area contributed by atoms with Crippen LogP contribution in [0, 0.1) is 10.8 Å². The van der Waals surface area contributed by atoms with Crippen LogP contribution in [0.2, 0.25) is 0 Å². The molecular formula is C12H21NO3. The van der Waals surface area contributed by atoms with Crippen molar-refractivity contribution in [2.24, 2.45) is 10.8 Å². The molecule has 1 N–H and O–H groups in total. The molecule has 0 aromatic heterocycles. The minimum atomic E-state index is -1.13. The van der Waals surface area contributed by atoms with Gasteiger partial charge in [-0.15, -0.1) is 0 Å². The van der Waals surface area contributed by atoms with Gasteiger partial charge in [0.25, 0.3) is 0 Å². The molecule has 2 amide bonds. The van der Waals surface area contributed by atoms with Gasteiger partial charge in [-0.3, -0.25) is 4.79 Å². The molecule has 4 heteroatoms. The second-order valence-corrected chi connectivity index (χ2v) is 6.30. The summed E-state index contributed by atoms with van der Waals surface area (Å²) in [5.74, 6) is -0.272. The van der Waals surface area contributed by atoms with Crippen molar-refractivity contribution in [1.82, 2.24) is 4.90 Å².